The summed E-state index contributed by atoms with van der Waals surface area (Å²) in [4.78, 5) is 20.0. The van der Waals surface area contributed by atoms with Gasteiger partial charge in [-0.05, 0) is 18.2 Å². The summed E-state index contributed by atoms with van der Waals surface area (Å²) < 4.78 is 5.83. The van der Waals surface area contributed by atoms with E-state index >= 15 is 0 Å². The molecule has 7 nitrogen and oxygen atoms in total. The highest BCUT2D eigenvalue weighted by molar-refractivity contribution is 5.94. The molecular formula is C16H19N5O2. The van der Waals surface area contributed by atoms with Crippen molar-refractivity contribution in [2.75, 3.05) is 32.1 Å². The first-order valence-corrected chi connectivity index (χ1v) is 7.50. The molecule has 3 heterocycles. The molecule has 1 fully saturated rings. The predicted octanol–water partition coefficient (Wildman–Crippen LogP) is 1.23. The van der Waals surface area contributed by atoms with Gasteiger partial charge in [0, 0.05) is 51.1 Å². The normalized spacial score (nSPS) is 17.1. The third-order valence-electron chi connectivity index (χ3n) is 3.73. The first-order valence-electron chi connectivity index (χ1n) is 7.50. The quantitative estimate of drug-likeness (QED) is 0.845. The summed E-state index contributed by atoms with van der Waals surface area (Å²) in [5, 5.41) is 8.15. The minimum absolute atomic E-state index is 0.00698. The Morgan fingerprint density at radius 3 is 2.65 bits per heavy atom. The molecule has 1 unspecified atom stereocenters. The van der Waals surface area contributed by atoms with Crippen LogP contribution in [0, 0.1) is 0 Å². The molecule has 23 heavy (non-hydrogen) atoms. The number of anilines is 1. The van der Waals surface area contributed by atoms with Crippen LogP contribution in [0.1, 0.15) is 16.8 Å². The van der Waals surface area contributed by atoms with E-state index in [0.717, 1.165) is 12.2 Å². The number of amides is 1. The lowest BCUT2D eigenvalue weighted by molar-refractivity contribution is 0.0771. The molecule has 120 valence electrons. The maximum atomic E-state index is 12.4. The van der Waals surface area contributed by atoms with Gasteiger partial charge in [0.15, 0.2) is 5.82 Å². The fourth-order valence-electron chi connectivity index (χ4n) is 2.47. The molecular weight excluding hydrogens is 294 g/mol. The second-order valence-corrected chi connectivity index (χ2v) is 5.64. The van der Waals surface area contributed by atoms with E-state index in [1.807, 2.05) is 25.1 Å². The predicted molar refractivity (Wildman–Crippen MR) is 85.5 cm³/mol. The van der Waals surface area contributed by atoms with Gasteiger partial charge in [0.2, 0.25) is 5.88 Å². The van der Waals surface area contributed by atoms with Crippen LogP contribution >= 0.6 is 0 Å². The summed E-state index contributed by atoms with van der Waals surface area (Å²) >= 11 is 0. The van der Waals surface area contributed by atoms with Gasteiger partial charge >= 0.3 is 0 Å². The number of ether oxygens (including phenoxy) is 1. The zero-order valence-electron chi connectivity index (χ0n) is 13.2. The van der Waals surface area contributed by atoms with Gasteiger partial charge in [0.1, 0.15) is 6.10 Å². The van der Waals surface area contributed by atoms with Crippen LogP contribution < -0.4 is 9.64 Å². The fraction of sp³-hybridized carbons (Fsp3) is 0.375. The zero-order valence-corrected chi connectivity index (χ0v) is 13.2. The maximum absolute atomic E-state index is 12.4. The van der Waals surface area contributed by atoms with Crippen molar-refractivity contribution >= 4 is 11.7 Å². The van der Waals surface area contributed by atoms with E-state index in [0.29, 0.717) is 24.5 Å². The van der Waals surface area contributed by atoms with E-state index in [-0.39, 0.29) is 12.0 Å². The van der Waals surface area contributed by atoms with Crippen LogP contribution in [0.5, 0.6) is 5.88 Å². The highest BCUT2D eigenvalue weighted by Gasteiger charge is 2.28. The number of likely N-dealkylation sites (tertiary alicyclic amines) is 1. The summed E-state index contributed by atoms with van der Waals surface area (Å²) in [7, 11) is 3.81. The van der Waals surface area contributed by atoms with Crippen molar-refractivity contribution in [1.29, 1.82) is 0 Å². The molecule has 0 radical (unpaired) electrons. The van der Waals surface area contributed by atoms with E-state index in [9.17, 15) is 4.79 Å². The lowest BCUT2D eigenvalue weighted by Crippen LogP contribution is -2.31. The van der Waals surface area contributed by atoms with E-state index < -0.39 is 0 Å². The Bertz CT molecular complexity index is 660. The maximum Gasteiger partial charge on any atom is 0.254 e. The Kier molecular flexibility index (Phi) is 4.36. The lowest BCUT2D eigenvalue weighted by atomic mass is 10.2. The van der Waals surface area contributed by atoms with Crippen LogP contribution in [-0.2, 0) is 0 Å². The molecule has 0 bridgehead atoms. The lowest BCUT2D eigenvalue weighted by Gasteiger charge is -2.17. The molecule has 0 N–H and O–H groups in total. The second kappa shape index (κ2) is 6.60. The first-order chi connectivity index (χ1) is 11.1. The van der Waals surface area contributed by atoms with Crippen LogP contribution in [-0.4, -0.2) is 59.3 Å². The summed E-state index contributed by atoms with van der Waals surface area (Å²) in [5.41, 5.74) is 0.649. The van der Waals surface area contributed by atoms with E-state index in [2.05, 4.69) is 15.2 Å². The average Bonchev–Trinajstić information content (AvgIpc) is 3.04. The van der Waals surface area contributed by atoms with Gasteiger partial charge in [-0.15, -0.1) is 10.2 Å². The van der Waals surface area contributed by atoms with Crippen LogP contribution in [0.3, 0.4) is 0 Å². The van der Waals surface area contributed by atoms with E-state index in [1.54, 1.807) is 35.5 Å². The summed E-state index contributed by atoms with van der Waals surface area (Å²) in [6.07, 6.45) is 3.98. The molecule has 3 rings (SSSR count). The van der Waals surface area contributed by atoms with Crippen molar-refractivity contribution in [3.63, 3.8) is 0 Å². The van der Waals surface area contributed by atoms with Gasteiger partial charge in [-0.2, -0.15) is 0 Å². The standard InChI is InChI=1S/C16H19N5O2/c1-20(2)14-3-4-15(19-18-14)23-13-7-10-21(11-13)16(22)12-5-8-17-9-6-12/h3-6,8-9,13H,7,10-11H2,1-2H3. The van der Waals surface area contributed by atoms with Crippen LogP contribution in [0.2, 0.25) is 0 Å². The number of carbonyl (C=O) groups is 1. The SMILES string of the molecule is CN(C)c1ccc(OC2CCN(C(=O)c3ccncc3)C2)nn1. The topological polar surface area (TPSA) is 71.5 Å². The molecule has 1 atom stereocenters. The smallest absolute Gasteiger partial charge is 0.254 e. The molecule has 1 saturated heterocycles. The monoisotopic (exact) mass is 313 g/mol. The van der Waals surface area contributed by atoms with Crippen molar-refractivity contribution < 1.29 is 9.53 Å². The van der Waals surface area contributed by atoms with E-state index in [1.165, 1.54) is 0 Å². The number of pyridine rings is 1. The number of hydrogen-bond acceptors (Lipinski definition) is 6. The van der Waals surface area contributed by atoms with Crippen LogP contribution in [0.15, 0.2) is 36.7 Å². The Morgan fingerprint density at radius 2 is 2.00 bits per heavy atom. The molecule has 1 amide bonds. The molecule has 7 heteroatoms. The summed E-state index contributed by atoms with van der Waals surface area (Å²) in [6, 6.07) is 7.11. The number of rotatable bonds is 4. The van der Waals surface area contributed by atoms with Gasteiger partial charge in [-0.3, -0.25) is 9.78 Å². The molecule has 0 saturated carbocycles. The Labute approximate surface area is 134 Å². The van der Waals surface area contributed by atoms with Crippen LogP contribution in [0.4, 0.5) is 5.82 Å². The molecule has 2 aromatic rings. The highest BCUT2D eigenvalue weighted by atomic mass is 16.5. The largest absolute Gasteiger partial charge is 0.471 e. The fourth-order valence-corrected chi connectivity index (χ4v) is 2.47. The molecule has 0 aliphatic carbocycles. The van der Waals surface area contributed by atoms with Crippen molar-refractivity contribution in [2.24, 2.45) is 0 Å². The van der Waals surface area contributed by atoms with Gasteiger partial charge in [-0.25, -0.2) is 0 Å². The molecule has 0 spiro atoms. The number of carbonyl (C=O) groups excluding carboxylic acids is 1. The second-order valence-electron chi connectivity index (χ2n) is 5.64. The molecule has 2 aromatic heterocycles. The Morgan fingerprint density at radius 1 is 1.22 bits per heavy atom. The van der Waals surface area contributed by atoms with Crippen molar-refractivity contribution in [3.8, 4) is 5.88 Å². The third-order valence-corrected chi connectivity index (χ3v) is 3.73. The van der Waals surface area contributed by atoms with Gasteiger partial charge in [0.25, 0.3) is 5.91 Å². The van der Waals surface area contributed by atoms with Crippen LogP contribution in [0.25, 0.3) is 0 Å². The van der Waals surface area contributed by atoms with Crippen molar-refractivity contribution in [1.82, 2.24) is 20.1 Å². The van der Waals surface area contributed by atoms with Gasteiger partial charge in [-0.1, -0.05) is 0 Å². The highest BCUT2D eigenvalue weighted by Crippen LogP contribution is 2.19. The molecule has 0 aromatic carbocycles. The minimum Gasteiger partial charge on any atom is -0.471 e. The zero-order chi connectivity index (χ0) is 16.2. The van der Waals surface area contributed by atoms with Gasteiger partial charge < -0.3 is 14.5 Å². The molecule has 1 aliphatic heterocycles. The van der Waals surface area contributed by atoms with Gasteiger partial charge in [0.05, 0.1) is 6.54 Å². The Hall–Kier alpha value is -2.70. The first kappa shape index (κ1) is 15.2. The summed E-state index contributed by atoms with van der Waals surface area (Å²) in [6.45, 7) is 1.23. The van der Waals surface area contributed by atoms with E-state index in [4.69, 9.17) is 4.74 Å². The minimum atomic E-state index is -0.0553. The Balaban J connectivity index is 1.58. The number of aromatic nitrogens is 3. The van der Waals surface area contributed by atoms with Crippen molar-refractivity contribution in [3.05, 3.63) is 42.2 Å². The summed E-state index contributed by atoms with van der Waals surface area (Å²) in [5.74, 6) is 1.27. The molecule has 1 aliphatic rings. The average molecular weight is 313 g/mol. The number of hydrogen-bond donors (Lipinski definition) is 0. The number of nitrogens with zero attached hydrogens (tertiary/aromatic N) is 5. The van der Waals surface area contributed by atoms with Crippen molar-refractivity contribution in [2.45, 2.75) is 12.5 Å². The third kappa shape index (κ3) is 3.56.